The van der Waals surface area contributed by atoms with Gasteiger partial charge in [-0.2, -0.15) is 10.4 Å². The minimum absolute atomic E-state index is 0.339. The number of hydrogen-bond donors (Lipinski definition) is 0. The second-order valence-electron chi connectivity index (χ2n) is 6.96. The Kier molecular flexibility index (Phi) is 4.55. The van der Waals surface area contributed by atoms with Crippen LogP contribution in [0.3, 0.4) is 0 Å². The van der Waals surface area contributed by atoms with Crippen LogP contribution in [-0.2, 0) is 12.0 Å². The Morgan fingerprint density at radius 1 is 1.00 bits per heavy atom. The van der Waals surface area contributed by atoms with Crippen molar-refractivity contribution < 1.29 is 0 Å². The van der Waals surface area contributed by atoms with Gasteiger partial charge in [-0.1, -0.05) is 42.5 Å². The van der Waals surface area contributed by atoms with Crippen LogP contribution in [0.4, 0.5) is 0 Å². The average molecular weight is 342 g/mol. The van der Waals surface area contributed by atoms with E-state index in [1.807, 2.05) is 35.1 Å². The van der Waals surface area contributed by atoms with Crippen LogP contribution in [-0.4, -0.2) is 27.8 Å². The highest BCUT2D eigenvalue weighted by Gasteiger charge is 2.36. The molecule has 0 unspecified atom stereocenters. The van der Waals surface area contributed by atoms with Gasteiger partial charge in [-0.3, -0.25) is 4.90 Å². The predicted molar refractivity (Wildman–Crippen MR) is 102 cm³/mol. The number of piperidine rings is 1. The second kappa shape index (κ2) is 7.15. The standard InChI is InChI=1S/C22H22N4/c23-18-22(20-7-2-1-3-8-20)10-14-25(15-11-22)17-19-6-4-9-21(16-19)26-13-5-12-24-26/h1-9,12-13,16H,10-11,14-15,17H2. The Morgan fingerprint density at radius 3 is 2.50 bits per heavy atom. The Hall–Kier alpha value is -2.90. The average Bonchev–Trinajstić information content (AvgIpc) is 3.25. The van der Waals surface area contributed by atoms with Gasteiger partial charge in [-0.05, 0) is 42.2 Å². The monoisotopic (exact) mass is 342 g/mol. The van der Waals surface area contributed by atoms with E-state index in [2.05, 4.69) is 52.5 Å². The van der Waals surface area contributed by atoms with E-state index in [4.69, 9.17) is 0 Å². The van der Waals surface area contributed by atoms with Crippen LogP contribution in [0.1, 0.15) is 24.0 Å². The molecule has 4 heteroatoms. The zero-order valence-electron chi connectivity index (χ0n) is 14.8. The summed E-state index contributed by atoms with van der Waals surface area (Å²) in [4.78, 5) is 2.45. The van der Waals surface area contributed by atoms with Crippen molar-refractivity contribution in [1.29, 1.82) is 5.26 Å². The smallest absolute Gasteiger partial charge is 0.0846 e. The summed E-state index contributed by atoms with van der Waals surface area (Å²) in [6.07, 6.45) is 5.52. The van der Waals surface area contributed by atoms with Crippen molar-refractivity contribution in [3.05, 3.63) is 84.2 Å². The van der Waals surface area contributed by atoms with Gasteiger partial charge in [0.2, 0.25) is 0 Å². The number of nitrogens with zero attached hydrogens (tertiary/aromatic N) is 4. The van der Waals surface area contributed by atoms with Crippen LogP contribution in [0.2, 0.25) is 0 Å². The third-order valence-electron chi connectivity index (χ3n) is 5.34. The van der Waals surface area contributed by atoms with Gasteiger partial charge in [-0.25, -0.2) is 4.68 Å². The van der Waals surface area contributed by atoms with Crippen LogP contribution >= 0.6 is 0 Å². The number of rotatable bonds is 4. The minimum atomic E-state index is -0.339. The fourth-order valence-corrected chi connectivity index (χ4v) is 3.79. The maximum atomic E-state index is 9.83. The first kappa shape index (κ1) is 16.6. The maximum Gasteiger partial charge on any atom is 0.0846 e. The predicted octanol–water partition coefficient (Wildman–Crippen LogP) is 3.93. The highest BCUT2D eigenvalue weighted by Crippen LogP contribution is 2.35. The molecule has 0 atom stereocenters. The molecule has 4 rings (SSSR count). The Bertz CT molecular complexity index is 885. The molecule has 2 heterocycles. The van der Waals surface area contributed by atoms with Crippen molar-refractivity contribution in [3.8, 4) is 11.8 Å². The molecule has 0 spiro atoms. The lowest BCUT2D eigenvalue weighted by Crippen LogP contribution is -2.41. The molecule has 1 aliphatic heterocycles. The van der Waals surface area contributed by atoms with Gasteiger partial charge in [0.05, 0.1) is 17.2 Å². The third kappa shape index (κ3) is 3.26. The normalized spacial score (nSPS) is 16.9. The van der Waals surface area contributed by atoms with Crippen LogP contribution in [0, 0.1) is 11.3 Å². The highest BCUT2D eigenvalue weighted by atomic mass is 15.3. The molecule has 4 nitrogen and oxygen atoms in total. The lowest BCUT2D eigenvalue weighted by molar-refractivity contribution is 0.179. The molecule has 0 aliphatic carbocycles. The molecule has 3 aromatic rings. The molecule has 1 aliphatic rings. The number of benzene rings is 2. The zero-order chi connectivity index (χ0) is 17.8. The summed E-state index contributed by atoms with van der Waals surface area (Å²) in [6, 6.07) is 23.3. The van der Waals surface area contributed by atoms with E-state index < -0.39 is 0 Å². The topological polar surface area (TPSA) is 44.9 Å². The summed E-state index contributed by atoms with van der Waals surface area (Å²) in [5, 5.41) is 14.1. The minimum Gasteiger partial charge on any atom is -0.299 e. The first-order chi connectivity index (χ1) is 12.8. The van der Waals surface area contributed by atoms with E-state index in [-0.39, 0.29) is 5.41 Å². The van der Waals surface area contributed by atoms with Crippen molar-refractivity contribution in [2.45, 2.75) is 24.8 Å². The molecule has 0 bridgehead atoms. The van der Waals surface area contributed by atoms with Crippen molar-refractivity contribution >= 4 is 0 Å². The van der Waals surface area contributed by atoms with E-state index in [0.29, 0.717) is 0 Å². The van der Waals surface area contributed by atoms with Gasteiger partial charge in [-0.15, -0.1) is 0 Å². The molecular weight excluding hydrogens is 320 g/mol. The number of nitriles is 1. The molecular formula is C22H22N4. The van der Waals surface area contributed by atoms with E-state index in [1.165, 1.54) is 5.56 Å². The Morgan fingerprint density at radius 2 is 1.81 bits per heavy atom. The van der Waals surface area contributed by atoms with Crippen molar-refractivity contribution in [1.82, 2.24) is 14.7 Å². The maximum absolute atomic E-state index is 9.83. The molecule has 0 amide bonds. The number of hydrogen-bond acceptors (Lipinski definition) is 3. The molecule has 2 aromatic carbocycles. The van der Waals surface area contributed by atoms with Crippen molar-refractivity contribution in [3.63, 3.8) is 0 Å². The first-order valence-electron chi connectivity index (χ1n) is 9.07. The largest absolute Gasteiger partial charge is 0.299 e. The van der Waals surface area contributed by atoms with Gasteiger partial charge in [0.1, 0.15) is 0 Å². The van der Waals surface area contributed by atoms with Crippen molar-refractivity contribution in [2.24, 2.45) is 0 Å². The Balaban J connectivity index is 1.45. The molecule has 1 fully saturated rings. The second-order valence-corrected chi connectivity index (χ2v) is 6.96. The summed E-state index contributed by atoms with van der Waals surface area (Å²) in [6.45, 7) is 2.79. The summed E-state index contributed by atoms with van der Waals surface area (Å²) in [5.74, 6) is 0. The number of aromatic nitrogens is 2. The lowest BCUT2D eigenvalue weighted by Gasteiger charge is -2.37. The van der Waals surface area contributed by atoms with Gasteiger partial charge < -0.3 is 0 Å². The van der Waals surface area contributed by atoms with Gasteiger partial charge in [0, 0.05) is 32.0 Å². The zero-order valence-corrected chi connectivity index (χ0v) is 14.8. The molecule has 130 valence electrons. The summed E-state index contributed by atoms with van der Waals surface area (Å²) < 4.78 is 1.88. The van der Waals surface area contributed by atoms with Crippen molar-refractivity contribution in [2.75, 3.05) is 13.1 Å². The van der Waals surface area contributed by atoms with E-state index in [1.54, 1.807) is 6.20 Å². The van der Waals surface area contributed by atoms with Crippen LogP contribution in [0.25, 0.3) is 5.69 Å². The highest BCUT2D eigenvalue weighted by molar-refractivity contribution is 5.36. The molecule has 0 N–H and O–H groups in total. The third-order valence-corrected chi connectivity index (χ3v) is 5.34. The molecule has 1 saturated heterocycles. The molecule has 1 aromatic heterocycles. The van der Waals surface area contributed by atoms with Gasteiger partial charge >= 0.3 is 0 Å². The SMILES string of the molecule is N#CC1(c2ccccc2)CCN(Cc2cccc(-n3cccn3)c2)CC1. The van der Waals surface area contributed by atoms with Gasteiger partial charge in [0.25, 0.3) is 0 Å². The molecule has 0 radical (unpaired) electrons. The van der Waals surface area contributed by atoms with Crippen LogP contribution < -0.4 is 0 Å². The van der Waals surface area contributed by atoms with Crippen LogP contribution in [0.15, 0.2) is 73.1 Å². The molecule has 26 heavy (non-hydrogen) atoms. The summed E-state index contributed by atoms with van der Waals surface area (Å²) >= 11 is 0. The van der Waals surface area contributed by atoms with E-state index in [9.17, 15) is 5.26 Å². The fraction of sp³-hybridized carbons (Fsp3) is 0.273. The van der Waals surface area contributed by atoms with Crippen LogP contribution in [0.5, 0.6) is 0 Å². The number of likely N-dealkylation sites (tertiary alicyclic amines) is 1. The van der Waals surface area contributed by atoms with Gasteiger partial charge in [0.15, 0.2) is 0 Å². The Labute approximate surface area is 154 Å². The summed E-state index contributed by atoms with van der Waals surface area (Å²) in [5.41, 5.74) is 3.18. The van der Waals surface area contributed by atoms with E-state index in [0.717, 1.165) is 43.7 Å². The fourth-order valence-electron chi connectivity index (χ4n) is 3.79. The quantitative estimate of drug-likeness (QED) is 0.722. The summed E-state index contributed by atoms with van der Waals surface area (Å²) in [7, 11) is 0. The molecule has 0 saturated carbocycles. The lowest BCUT2D eigenvalue weighted by atomic mass is 9.74. The van der Waals surface area contributed by atoms with E-state index >= 15 is 0 Å². The first-order valence-corrected chi connectivity index (χ1v) is 9.07.